The number of pyridine rings is 1. The van der Waals surface area contributed by atoms with E-state index >= 15 is 0 Å². The normalized spacial score (nSPS) is 23.0. The zero-order valence-electron chi connectivity index (χ0n) is 17.8. The minimum absolute atomic E-state index is 0.0290. The average Bonchev–Trinajstić information content (AvgIpc) is 3.14. The van der Waals surface area contributed by atoms with Crippen LogP contribution in [0.3, 0.4) is 0 Å². The van der Waals surface area contributed by atoms with Gasteiger partial charge in [-0.3, -0.25) is 24.2 Å². The van der Waals surface area contributed by atoms with Crippen LogP contribution in [0.2, 0.25) is 0 Å². The molecule has 4 rings (SSSR count). The maximum Gasteiger partial charge on any atom is 0.332 e. The summed E-state index contributed by atoms with van der Waals surface area (Å²) in [5.74, 6) is -3.20. The molecule has 1 aromatic carbocycles. The maximum atomic E-state index is 13.6. The third kappa shape index (κ3) is 3.43. The van der Waals surface area contributed by atoms with Gasteiger partial charge in [0.15, 0.2) is 5.78 Å². The molecule has 168 valence electrons. The molecule has 1 fully saturated rings. The highest BCUT2D eigenvalue weighted by Gasteiger charge is 2.62. The minimum Gasteiger partial charge on any atom is -0.465 e. The lowest BCUT2D eigenvalue weighted by atomic mass is 9.76. The number of piperidine rings is 1. The van der Waals surface area contributed by atoms with Gasteiger partial charge in [-0.25, -0.2) is 0 Å². The van der Waals surface area contributed by atoms with Crippen LogP contribution in [0.4, 0.5) is 0 Å². The molecule has 0 spiro atoms. The number of esters is 2. The Bertz CT molecular complexity index is 1120. The van der Waals surface area contributed by atoms with Gasteiger partial charge in [0.25, 0.3) is 5.91 Å². The first kappa shape index (κ1) is 22.2. The molecule has 2 aromatic rings. The molecular weight excluding hydrogens is 436 g/mol. The molecule has 3 unspecified atom stereocenters. The molecule has 0 radical (unpaired) electrons. The Balaban J connectivity index is 1.70. The number of halogens is 1. The molecule has 0 aliphatic carbocycles. The van der Waals surface area contributed by atoms with Crippen molar-refractivity contribution >= 4 is 46.1 Å². The molecule has 0 saturated carbocycles. The molecule has 1 saturated heterocycles. The van der Waals surface area contributed by atoms with Crippen molar-refractivity contribution in [1.82, 2.24) is 9.88 Å². The molecule has 32 heavy (non-hydrogen) atoms. The molecule has 9 heteroatoms. The van der Waals surface area contributed by atoms with Crippen molar-refractivity contribution in [2.75, 3.05) is 13.2 Å². The summed E-state index contributed by atoms with van der Waals surface area (Å²) in [6.07, 6.45) is 0.177. The highest BCUT2D eigenvalue weighted by Crippen LogP contribution is 2.45. The molecule has 2 aliphatic rings. The van der Waals surface area contributed by atoms with Crippen LogP contribution >= 0.6 is 11.6 Å². The Morgan fingerprint density at radius 3 is 2.72 bits per heavy atom. The Morgan fingerprint density at radius 1 is 1.25 bits per heavy atom. The van der Waals surface area contributed by atoms with Crippen LogP contribution in [0.5, 0.6) is 0 Å². The van der Waals surface area contributed by atoms with Crippen LogP contribution in [0.25, 0.3) is 10.9 Å². The summed E-state index contributed by atoms with van der Waals surface area (Å²) in [5.41, 5.74) is -0.0181. The van der Waals surface area contributed by atoms with Gasteiger partial charge in [0, 0.05) is 18.4 Å². The lowest BCUT2D eigenvalue weighted by Gasteiger charge is -2.39. The number of fused-ring (bicyclic) bond motifs is 4. The van der Waals surface area contributed by atoms with E-state index < -0.39 is 47.1 Å². The standard InChI is InChI=1S/C23H23ClN2O6/c1-3-15(24)20(28)32-12-23(22(30)31-4-2)18(27)10-17-19-14(11-26(17)21(23)29)9-13-7-5-6-8-16(13)25-19/h5-9,15,17H,3-4,10-12H2,1-2H3. The van der Waals surface area contributed by atoms with E-state index in [1.54, 1.807) is 13.8 Å². The molecule has 8 nitrogen and oxygen atoms in total. The van der Waals surface area contributed by atoms with Gasteiger partial charge in [0.05, 0.1) is 23.9 Å². The van der Waals surface area contributed by atoms with Crippen molar-refractivity contribution in [2.45, 2.75) is 44.7 Å². The van der Waals surface area contributed by atoms with Crippen molar-refractivity contribution in [1.29, 1.82) is 0 Å². The number of para-hydroxylation sites is 1. The lowest BCUT2D eigenvalue weighted by Crippen LogP contribution is -2.60. The van der Waals surface area contributed by atoms with Crippen molar-refractivity contribution in [3.8, 4) is 0 Å². The zero-order valence-corrected chi connectivity index (χ0v) is 18.6. The molecule has 3 atom stereocenters. The van der Waals surface area contributed by atoms with Gasteiger partial charge in [-0.05, 0) is 31.0 Å². The number of Topliss-reactive ketones (excluding diaryl/α,β-unsaturated/α-hetero) is 1. The Morgan fingerprint density at radius 2 is 2.00 bits per heavy atom. The molecule has 0 bridgehead atoms. The molecule has 0 N–H and O–H groups in total. The number of hydrogen-bond acceptors (Lipinski definition) is 7. The maximum absolute atomic E-state index is 13.6. The van der Waals surface area contributed by atoms with E-state index in [2.05, 4.69) is 4.98 Å². The third-order valence-corrected chi connectivity index (χ3v) is 6.51. The number of carbonyl (C=O) groups is 4. The van der Waals surface area contributed by atoms with E-state index in [0.717, 1.165) is 16.5 Å². The van der Waals surface area contributed by atoms with Crippen LogP contribution < -0.4 is 0 Å². The fourth-order valence-corrected chi connectivity index (χ4v) is 4.32. The smallest absolute Gasteiger partial charge is 0.332 e. The summed E-state index contributed by atoms with van der Waals surface area (Å²) >= 11 is 5.91. The number of amides is 1. The van der Waals surface area contributed by atoms with Gasteiger partial charge in [-0.2, -0.15) is 0 Å². The first-order valence-corrected chi connectivity index (χ1v) is 11.0. The number of benzene rings is 1. The van der Waals surface area contributed by atoms with Gasteiger partial charge >= 0.3 is 11.9 Å². The van der Waals surface area contributed by atoms with Crippen LogP contribution in [0.1, 0.15) is 44.0 Å². The first-order chi connectivity index (χ1) is 15.3. The fourth-order valence-electron chi connectivity index (χ4n) is 4.26. The number of carbonyl (C=O) groups excluding carboxylic acids is 4. The Hall–Kier alpha value is -3.00. The largest absolute Gasteiger partial charge is 0.465 e. The topological polar surface area (TPSA) is 103 Å². The Kier molecular flexibility index (Phi) is 5.90. The minimum atomic E-state index is -2.24. The first-order valence-electron chi connectivity index (χ1n) is 10.5. The molecule has 1 aromatic heterocycles. The van der Waals surface area contributed by atoms with E-state index in [0.29, 0.717) is 12.1 Å². The molecule has 3 heterocycles. The van der Waals surface area contributed by atoms with E-state index in [1.807, 2.05) is 30.3 Å². The van der Waals surface area contributed by atoms with Gasteiger partial charge in [-0.1, -0.05) is 25.1 Å². The van der Waals surface area contributed by atoms with Crippen molar-refractivity contribution in [2.24, 2.45) is 5.41 Å². The van der Waals surface area contributed by atoms with Crippen LogP contribution in [0.15, 0.2) is 30.3 Å². The fraction of sp³-hybridized carbons (Fsp3) is 0.435. The van der Waals surface area contributed by atoms with Gasteiger partial charge in [-0.15, -0.1) is 11.6 Å². The number of ketones is 1. The summed E-state index contributed by atoms with van der Waals surface area (Å²) in [6.45, 7) is 2.71. The summed E-state index contributed by atoms with van der Waals surface area (Å²) in [4.78, 5) is 58.1. The predicted molar refractivity (Wildman–Crippen MR) is 115 cm³/mol. The quantitative estimate of drug-likeness (QED) is 0.372. The van der Waals surface area contributed by atoms with Crippen LogP contribution in [-0.2, 0) is 35.2 Å². The van der Waals surface area contributed by atoms with Crippen LogP contribution in [-0.4, -0.2) is 52.1 Å². The summed E-state index contributed by atoms with van der Waals surface area (Å²) in [7, 11) is 0. The van der Waals surface area contributed by atoms with Crippen molar-refractivity contribution in [3.63, 3.8) is 0 Å². The number of nitrogens with zero attached hydrogens (tertiary/aromatic N) is 2. The van der Waals surface area contributed by atoms with Crippen molar-refractivity contribution < 1.29 is 28.7 Å². The highest BCUT2D eigenvalue weighted by molar-refractivity contribution is 6.30. The monoisotopic (exact) mass is 458 g/mol. The SMILES string of the molecule is CCOC(=O)C1(COC(=O)C(Cl)CC)C(=O)CC2c3nc4ccccc4cc3CN2C1=O. The van der Waals surface area contributed by atoms with Crippen molar-refractivity contribution in [3.05, 3.63) is 41.6 Å². The van der Waals surface area contributed by atoms with Gasteiger partial charge < -0.3 is 14.4 Å². The number of rotatable bonds is 6. The summed E-state index contributed by atoms with van der Waals surface area (Å²) in [5, 5.41) is -0.0216. The number of hydrogen-bond donors (Lipinski definition) is 0. The van der Waals surface area contributed by atoms with E-state index in [4.69, 9.17) is 21.1 Å². The van der Waals surface area contributed by atoms with E-state index in [9.17, 15) is 19.2 Å². The second-order valence-corrected chi connectivity index (χ2v) is 8.44. The van der Waals surface area contributed by atoms with E-state index in [1.165, 1.54) is 4.90 Å². The summed E-state index contributed by atoms with van der Waals surface area (Å²) in [6, 6.07) is 8.91. The lowest BCUT2D eigenvalue weighted by molar-refractivity contribution is -0.180. The second-order valence-electron chi connectivity index (χ2n) is 7.91. The third-order valence-electron chi connectivity index (χ3n) is 6.02. The summed E-state index contributed by atoms with van der Waals surface area (Å²) < 4.78 is 10.3. The zero-order chi connectivity index (χ0) is 23.0. The highest BCUT2D eigenvalue weighted by atomic mass is 35.5. The van der Waals surface area contributed by atoms with E-state index in [-0.39, 0.29) is 19.6 Å². The number of ether oxygens (including phenoxy) is 2. The molecule has 2 aliphatic heterocycles. The second kappa shape index (κ2) is 8.50. The van der Waals surface area contributed by atoms with Crippen LogP contribution in [0, 0.1) is 5.41 Å². The number of alkyl halides is 1. The van der Waals surface area contributed by atoms with Gasteiger partial charge in [0.1, 0.15) is 12.0 Å². The number of aromatic nitrogens is 1. The van der Waals surface area contributed by atoms with Gasteiger partial charge in [0.2, 0.25) is 5.41 Å². The predicted octanol–water partition coefficient (Wildman–Crippen LogP) is 2.70. The molecular formula is C23H23ClN2O6. The average molecular weight is 459 g/mol. The molecule has 1 amide bonds. The Labute approximate surface area is 189 Å².